The third kappa shape index (κ3) is 4.34. The number of aromatic amines is 1. The van der Waals surface area contributed by atoms with Crippen LogP contribution in [0.3, 0.4) is 0 Å². The molecule has 3 N–H and O–H groups in total. The molecular formula is C27H29N5O2. The summed E-state index contributed by atoms with van der Waals surface area (Å²) in [7, 11) is 1.73. The van der Waals surface area contributed by atoms with E-state index in [4.69, 9.17) is 0 Å². The number of phenolic OH excluding ortho intramolecular Hbond substituents is 1. The minimum absolute atomic E-state index is 0.0737. The van der Waals surface area contributed by atoms with Gasteiger partial charge in [0.2, 0.25) is 0 Å². The Bertz CT molecular complexity index is 1320. The molecule has 5 rings (SSSR count). The lowest BCUT2D eigenvalue weighted by molar-refractivity contribution is 0.0990. The summed E-state index contributed by atoms with van der Waals surface area (Å²) in [6, 6.07) is 19.6. The van der Waals surface area contributed by atoms with E-state index in [9.17, 15) is 9.90 Å². The van der Waals surface area contributed by atoms with E-state index in [1.165, 1.54) is 5.56 Å². The van der Waals surface area contributed by atoms with E-state index in [2.05, 4.69) is 45.5 Å². The SMILES string of the molecule is Cc1cccc(Cc2[nH]nc3cc(O)c(C(=O)N(C)c4ccc(N5CCNCC5)cc4)cc23)c1. The molecule has 1 aromatic heterocycles. The number of hydrogen-bond acceptors (Lipinski definition) is 5. The predicted molar refractivity (Wildman–Crippen MR) is 136 cm³/mol. The third-order valence-corrected chi connectivity index (χ3v) is 6.47. The van der Waals surface area contributed by atoms with Gasteiger partial charge in [-0.05, 0) is 42.8 Å². The van der Waals surface area contributed by atoms with Crippen molar-refractivity contribution in [3.05, 3.63) is 83.0 Å². The van der Waals surface area contributed by atoms with Crippen molar-refractivity contribution in [2.75, 3.05) is 43.0 Å². The van der Waals surface area contributed by atoms with Crippen molar-refractivity contribution >= 4 is 28.2 Å². The van der Waals surface area contributed by atoms with Gasteiger partial charge in [-0.2, -0.15) is 5.10 Å². The molecule has 0 radical (unpaired) electrons. The number of H-pyrrole nitrogens is 1. The maximum atomic E-state index is 13.3. The van der Waals surface area contributed by atoms with Crippen LogP contribution in [0.5, 0.6) is 5.75 Å². The predicted octanol–water partition coefficient (Wildman–Crippen LogP) is 3.85. The lowest BCUT2D eigenvalue weighted by atomic mass is 10.0. The molecule has 34 heavy (non-hydrogen) atoms. The Morgan fingerprint density at radius 2 is 1.85 bits per heavy atom. The van der Waals surface area contributed by atoms with Gasteiger partial charge in [0.1, 0.15) is 5.75 Å². The van der Waals surface area contributed by atoms with Gasteiger partial charge in [-0.3, -0.25) is 9.89 Å². The number of piperazine rings is 1. The number of carbonyl (C=O) groups excluding carboxylic acids is 1. The molecule has 4 aromatic rings. The summed E-state index contributed by atoms with van der Waals surface area (Å²) >= 11 is 0. The van der Waals surface area contributed by atoms with Crippen LogP contribution in [0.4, 0.5) is 11.4 Å². The Hall–Kier alpha value is -3.84. The van der Waals surface area contributed by atoms with Gasteiger partial charge < -0.3 is 20.2 Å². The molecule has 7 nitrogen and oxygen atoms in total. The zero-order valence-electron chi connectivity index (χ0n) is 19.5. The van der Waals surface area contributed by atoms with Crippen LogP contribution in [0.15, 0.2) is 60.7 Å². The third-order valence-electron chi connectivity index (χ3n) is 6.47. The van der Waals surface area contributed by atoms with Gasteiger partial charge in [0.25, 0.3) is 5.91 Å². The fourth-order valence-electron chi connectivity index (χ4n) is 4.54. The number of phenols is 1. The number of amides is 1. The molecule has 1 amide bonds. The number of nitrogens with one attached hydrogen (secondary N) is 2. The Balaban J connectivity index is 1.40. The van der Waals surface area contributed by atoms with Gasteiger partial charge in [0, 0.05) is 68.2 Å². The molecule has 1 aliphatic heterocycles. The number of benzene rings is 3. The maximum absolute atomic E-state index is 13.3. The first kappa shape index (κ1) is 22.0. The van der Waals surface area contributed by atoms with Crippen molar-refractivity contribution in [3.63, 3.8) is 0 Å². The Labute approximate surface area is 199 Å². The molecule has 0 bridgehead atoms. The molecule has 0 aliphatic carbocycles. The zero-order valence-corrected chi connectivity index (χ0v) is 19.5. The molecule has 0 saturated carbocycles. The quantitative estimate of drug-likeness (QED) is 0.426. The van der Waals surface area contributed by atoms with Crippen molar-refractivity contribution in [3.8, 4) is 5.75 Å². The number of aromatic nitrogens is 2. The molecule has 0 spiro atoms. The monoisotopic (exact) mass is 455 g/mol. The summed E-state index contributed by atoms with van der Waals surface area (Å²) in [6.45, 7) is 5.95. The molecule has 0 unspecified atom stereocenters. The van der Waals surface area contributed by atoms with Crippen LogP contribution >= 0.6 is 0 Å². The Kier molecular flexibility index (Phi) is 5.94. The fourth-order valence-corrected chi connectivity index (χ4v) is 4.54. The number of aryl methyl sites for hydroxylation is 1. The summed E-state index contributed by atoms with van der Waals surface area (Å²) in [5, 5.41) is 22.2. The second-order valence-electron chi connectivity index (χ2n) is 8.87. The first-order chi connectivity index (χ1) is 16.5. The largest absolute Gasteiger partial charge is 0.507 e. The molecule has 1 fully saturated rings. The average Bonchev–Trinajstić information content (AvgIpc) is 3.24. The van der Waals surface area contributed by atoms with Crippen molar-refractivity contribution in [1.29, 1.82) is 0 Å². The minimum atomic E-state index is -0.267. The lowest BCUT2D eigenvalue weighted by Gasteiger charge is -2.29. The lowest BCUT2D eigenvalue weighted by Crippen LogP contribution is -2.43. The van der Waals surface area contributed by atoms with E-state index in [1.54, 1.807) is 24.1 Å². The van der Waals surface area contributed by atoms with E-state index in [-0.39, 0.29) is 17.2 Å². The van der Waals surface area contributed by atoms with Gasteiger partial charge in [0.15, 0.2) is 0 Å². The number of anilines is 2. The van der Waals surface area contributed by atoms with E-state index >= 15 is 0 Å². The van der Waals surface area contributed by atoms with Crippen molar-refractivity contribution in [2.45, 2.75) is 13.3 Å². The molecule has 7 heteroatoms. The summed E-state index contributed by atoms with van der Waals surface area (Å²) < 4.78 is 0. The smallest absolute Gasteiger partial charge is 0.261 e. The van der Waals surface area contributed by atoms with Crippen LogP contribution < -0.4 is 15.1 Å². The summed E-state index contributed by atoms with van der Waals surface area (Å²) in [6.07, 6.45) is 0.667. The summed E-state index contributed by atoms with van der Waals surface area (Å²) in [5.74, 6) is -0.340. The summed E-state index contributed by atoms with van der Waals surface area (Å²) in [4.78, 5) is 17.3. The Morgan fingerprint density at radius 3 is 2.59 bits per heavy atom. The number of hydrogen-bond donors (Lipinski definition) is 3. The number of carbonyl (C=O) groups is 1. The van der Waals surface area contributed by atoms with Crippen LogP contribution in [0.1, 0.15) is 27.2 Å². The standard InChI is InChI=1S/C27H29N5O2/c1-18-4-3-5-19(14-18)15-24-22-16-23(26(33)17-25(22)30-29-24)27(34)31(2)20-6-8-21(9-7-20)32-12-10-28-11-13-32/h3-9,14,16-17,28,33H,10-13,15H2,1-2H3,(H,29,30). The fraction of sp³-hybridized carbons (Fsp3) is 0.259. The van der Waals surface area contributed by atoms with E-state index < -0.39 is 0 Å². The average molecular weight is 456 g/mol. The highest BCUT2D eigenvalue weighted by molar-refractivity contribution is 6.09. The second-order valence-corrected chi connectivity index (χ2v) is 8.87. The van der Waals surface area contributed by atoms with Gasteiger partial charge in [-0.25, -0.2) is 0 Å². The van der Waals surface area contributed by atoms with Crippen LogP contribution in [0.2, 0.25) is 0 Å². The topological polar surface area (TPSA) is 84.5 Å². The highest BCUT2D eigenvalue weighted by Crippen LogP contribution is 2.29. The van der Waals surface area contributed by atoms with Crippen LogP contribution in [0, 0.1) is 6.92 Å². The van der Waals surface area contributed by atoms with Crippen LogP contribution in [-0.2, 0) is 6.42 Å². The molecule has 1 saturated heterocycles. The van der Waals surface area contributed by atoms with Gasteiger partial charge in [0.05, 0.1) is 11.1 Å². The number of rotatable bonds is 5. The first-order valence-electron chi connectivity index (χ1n) is 11.6. The van der Waals surface area contributed by atoms with Gasteiger partial charge in [-0.15, -0.1) is 0 Å². The molecule has 174 valence electrons. The van der Waals surface area contributed by atoms with Crippen LogP contribution in [-0.4, -0.2) is 54.4 Å². The van der Waals surface area contributed by atoms with Crippen molar-refractivity contribution in [2.24, 2.45) is 0 Å². The first-order valence-corrected chi connectivity index (χ1v) is 11.6. The molecule has 1 aliphatic rings. The highest BCUT2D eigenvalue weighted by atomic mass is 16.3. The van der Waals surface area contributed by atoms with Crippen LogP contribution in [0.25, 0.3) is 10.9 Å². The van der Waals surface area contributed by atoms with Gasteiger partial charge >= 0.3 is 0 Å². The van der Waals surface area contributed by atoms with Gasteiger partial charge in [-0.1, -0.05) is 29.8 Å². The highest BCUT2D eigenvalue weighted by Gasteiger charge is 2.21. The maximum Gasteiger partial charge on any atom is 0.261 e. The van der Waals surface area contributed by atoms with E-state index in [0.29, 0.717) is 11.9 Å². The normalized spacial score (nSPS) is 13.9. The summed E-state index contributed by atoms with van der Waals surface area (Å²) in [5.41, 5.74) is 6.09. The van der Waals surface area contributed by atoms with Crippen molar-refractivity contribution in [1.82, 2.24) is 15.5 Å². The molecule has 2 heterocycles. The number of aromatic hydroxyl groups is 1. The van der Waals surface area contributed by atoms with E-state index in [1.807, 2.05) is 30.3 Å². The minimum Gasteiger partial charge on any atom is -0.507 e. The molecular weight excluding hydrogens is 426 g/mol. The number of nitrogens with zero attached hydrogens (tertiary/aromatic N) is 3. The Morgan fingerprint density at radius 1 is 1.09 bits per heavy atom. The second kappa shape index (κ2) is 9.19. The van der Waals surface area contributed by atoms with Crippen molar-refractivity contribution < 1.29 is 9.90 Å². The molecule has 0 atom stereocenters. The number of fused-ring (bicyclic) bond motifs is 1. The van der Waals surface area contributed by atoms with E-state index in [0.717, 1.165) is 54.2 Å². The zero-order chi connectivity index (χ0) is 23.7. The molecule has 3 aromatic carbocycles.